The van der Waals surface area contributed by atoms with Crippen molar-refractivity contribution in [3.05, 3.63) is 101 Å². The van der Waals surface area contributed by atoms with Gasteiger partial charge in [-0.3, -0.25) is 0 Å². The SMILES string of the molecule is CC(C)(c1ccccc1)c1ccc(OCc2ccccc2COCCN)cc1. The van der Waals surface area contributed by atoms with Crippen molar-refractivity contribution in [2.75, 3.05) is 13.2 Å². The van der Waals surface area contributed by atoms with Gasteiger partial charge in [0, 0.05) is 12.0 Å². The summed E-state index contributed by atoms with van der Waals surface area (Å²) >= 11 is 0. The summed E-state index contributed by atoms with van der Waals surface area (Å²) < 4.78 is 11.6. The van der Waals surface area contributed by atoms with Crippen molar-refractivity contribution in [1.29, 1.82) is 0 Å². The Kier molecular flexibility index (Phi) is 6.85. The number of hydrogen-bond acceptors (Lipinski definition) is 3. The number of benzene rings is 3. The van der Waals surface area contributed by atoms with Crippen LogP contribution >= 0.6 is 0 Å². The summed E-state index contributed by atoms with van der Waals surface area (Å²) in [6, 6.07) is 27.2. The Morgan fingerprint density at radius 1 is 0.714 bits per heavy atom. The van der Waals surface area contributed by atoms with E-state index in [-0.39, 0.29) is 5.41 Å². The van der Waals surface area contributed by atoms with Crippen molar-refractivity contribution < 1.29 is 9.47 Å². The van der Waals surface area contributed by atoms with Crippen LogP contribution in [-0.2, 0) is 23.4 Å². The second-order valence-corrected chi connectivity index (χ2v) is 7.41. The molecule has 146 valence electrons. The molecule has 0 saturated carbocycles. The average Bonchev–Trinajstić information content (AvgIpc) is 2.74. The smallest absolute Gasteiger partial charge is 0.119 e. The van der Waals surface area contributed by atoms with E-state index in [0.717, 1.165) is 16.9 Å². The monoisotopic (exact) mass is 375 g/mol. The van der Waals surface area contributed by atoms with Gasteiger partial charge in [-0.25, -0.2) is 0 Å². The molecule has 0 saturated heterocycles. The van der Waals surface area contributed by atoms with Gasteiger partial charge in [0.1, 0.15) is 12.4 Å². The fraction of sp³-hybridized carbons (Fsp3) is 0.280. The molecule has 3 nitrogen and oxygen atoms in total. The van der Waals surface area contributed by atoms with Gasteiger partial charge in [-0.1, -0.05) is 80.6 Å². The molecule has 0 radical (unpaired) electrons. The first-order chi connectivity index (χ1) is 13.6. The van der Waals surface area contributed by atoms with Gasteiger partial charge in [-0.15, -0.1) is 0 Å². The molecule has 0 heterocycles. The lowest BCUT2D eigenvalue weighted by Gasteiger charge is -2.26. The number of rotatable bonds is 9. The lowest BCUT2D eigenvalue weighted by atomic mass is 9.78. The molecule has 3 aromatic carbocycles. The lowest BCUT2D eigenvalue weighted by Crippen LogP contribution is -2.18. The van der Waals surface area contributed by atoms with Crippen molar-refractivity contribution in [2.24, 2.45) is 5.73 Å². The zero-order chi connectivity index (χ0) is 19.8. The van der Waals surface area contributed by atoms with Crippen molar-refractivity contribution >= 4 is 0 Å². The normalized spacial score (nSPS) is 11.4. The fourth-order valence-corrected chi connectivity index (χ4v) is 3.25. The Hall–Kier alpha value is -2.62. The Balaban J connectivity index is 1.66. The van der Waals surface area contributed by atoms with Crippen LogP contribution in [0.2, 0.25) is 0 Å². The van der Waals surface area contributed by atoms with Crippen molar-refractivity contribution in [3.8, 4) is 5.75 Å². The standard InChI is InChI=1S/C25H29NO2/c1-25(2,22-10-4-3-5-11-22)23-12-14-24(15-13-23)28-19-21-9-7-6-8-20(21)18-27-17-16-26/h3-15H,16-19,26H2,1-2H3. The summed E-state index contributed by atoms with van der Waals surface area (Å²) in [6.45, 7) is 6.66. The van der Waals surface area contributed by atoms with Crippen LogP contribution < -0.4 is 10.5 Å². The van der Waals surface area contributed by atoms with E-state index in [1.807, 2.05) is 24.3 Å². The topological polar surface area (TPSA) is 44.5 Å². The van der Waals surface area contributed by atoms with E-state index in [9.17, 15) is 0 Å². The number of hydrogen-bond donors (Lipinski definition) is 1. The molecule has 0 atom stereocenters. The fourth-order valence-electron chi connectivity index (χ4n) is 3.25. The molecular weight excluding hydrogens is 346 g/mol. The van der Waals surface area contributed by atoms with Gasteiger partial charge in [0.2, 0.25) is 0 Å². The van der Waals surface area contributed by atoms with E-state index < -0.39 is 0 Å². The quantitative estimate of drug-likeness (QED) is 0.531. The second kappa shape index (κ2) is 9.54. The molecule has 0 spiro atoms. The summed E-state index contributed by atoms with van der Waals surface area (Å²) in [5.74, 6) is 0.866. The highest BCUT2D eigenvalue weighted by Gasteiger charge is 2.22. The molecule has 0 aliphatic rings. The minimum Gasteiger partial charge on any atom is -0.489 e. The number of ether oxygens (including phenoxy) is 2. The first-order valence-corrected chi connectivity index (χ1v) is 9.74. The summed E-state index contributed by atoms with van der Waals surface area (Å²) in [5, 5.41) is 0. The molecule has 0 fully saturated rings. The lowest BCUT2D eigenvalue weighted by molar-refractivity contribution is 0.126. The van der Waals surface area contributed by atoms with Crippen LogP contribution in [0.3, 0.4) is 0 Å². The van der Waals surface area contributed by atoms with Crippen LogP contribution in [0.1, 0.15) is 36.1 Å². The van der Waals surface area contributed by atoms with Crippen LogP contribution in [0.4, 0.5) is 0 Å². The highest BCUT2D eigenvalue weighted by atomic mass is 16.5. The Labute approximate surface area is 168 Å². The average molecular weight is 376 g/mol. The van der Waals surface area contributed by atoms with Gasteiger partial charge < -0.3 is 15.2 Å². The molecule has 28 heavy (non-hydrogen) atoms. The largest absolute Gasteiger partial charge is 0.489 e. The van der Waals surface area contributed by atoms with Crippen molar-refractivity contribution in [1.82, 2.24) is 0 Å². The maximum atomic E-state index is 6.03. The molecule has 0 aliphatic heterocycles. The Morgan fingerprint density at radius 2 is 1.29 bits per heavy atom. The van der Waals surface area contributed by atoms with Crippen LogP contribution in [-0.4, -0.2) is 13.2 Å². The molecule has 0 unspecified atom stereocenters. The predicted octanol–water partition coefficient (Wildman–Crippen LogP) is 5.07. The molecule has 0 amide bonds. The molecule has 0 bridgehead atoms. The first kappa shape index (κ1) is 20.1. The van der Waals surface area contributed by atoms with Gasteiger partial charge in [0.05, 0.1) is 13.2 Å². The minimum atomic E-state index is -0.0489. The van der Waals surface area contributed by atoms with E-state index in [1.165, 1.54) is 11.1 Å². The third-order valence-corrected chi connectivity index (χ3v) is 5.10. The summed E-state index contributed by atoms with van der Waals surface area (Å²) in [7, 11) is 0. The zero-order valence-electron chi connectivity index (χ0n) is 16.7. The first-order valence-electron chi connectivity index (χ1n) is 9.74. The van der Waals surface area contributed by atoms with E-state index >= 15 is 0 Å². The molecule has 0 aliphatic carbocycles. The molecule has 0 aromatic heterocycles. The van der Waals surface area contributed by atoms with Crippen LogP contribution in [0.15, 0.2) is 78.9 Å². The van der Waals surface area contributed by atoms with Crippen LogP contribution in [0.25, 0.3) is 0 Å². The molecule has 3 rings (SSSR count). The Morgan fingerprint density at radius 3 is 1.93 bits per heavy atom. The predicted molar refractivity (Wildman–Crippen MR) is 114 cm³/mol. The van der Waals surface area contributed by atoms with Gasteiger partial charge in [0.15, 0.2) is 0 Å². The maximum absolute atomic E-state index is 6.03. The van der Waals surface area contributed by atoms with E-state index in [1.54, 1.807) is 0 Å². The molecule has 2 N–H and O–H groups in total. The van der Waals surface area contributed by atoms with Crippen molar-refractivity contribution in [2.45, 2.75) is 32.5 Å². The Bertz CT molecular complexity index is 857. The van der Waals surface area contributed by atoms with Gasteiger partial charge >= 0.3 is 0 Å². The maximum Gasteiger partial charge on any atom is 0.119 e. The van der Waals surface area contributed by atoms with E-state index in [0.29, 0.717) is 26.4 Å². The van der Waals surface area contributed by atoms with Gasteiger partial charge in [-0.2, -0.15) is 0 Å². The van der Waals surface area contributed by atoms with Gasteiger partial charge in [-0.05, 0) is 34.4 Å². The zero-order valence-corrected chi connectivity index (χ0v) is 16.7. The second-order valence-electron chi connectivity index (χ2n) is 7.41. The highest BCUT2D eigenvalue weighted by Crippen LogP contribution is 2.32. The van der Waals surface area contributed by atoms with Crippen LogP contribution in [0.5, 0.6) is 5.75 Å². The highest BCUT2D eigenvalue weighted by molar-refractivity contribution is 5.40. The molecule has 3 aromatic rings. The van der Waals surface area contributed by atoms with E-state index in [2.05, 4.69) is 68.4 Å². The minimum absolute atomic E-state index is 0.0489. The summed E-state index contributed by atoms with van der Waals surface area (Å²) in [6.07, 6.45) is 0. The van der Waals surface area contributed by atoms with E-state index in [4.69, 9.17) is 15.2 Å². The van der Waals surface area contributed by atoms with Gasteiger partial charge in [0.25, 0.3) is 0 Å². The third-order valence-electron chi connectivity index (χ3n) is 5.10. The summed E-state index contributed by atoms with van der Waals surface area (Å²) in [4.78, 5) is 0. The molecular formula is C25H29NO2. The van der Waals surface area contributed by atoms with Crippen LogP contribution in [0, 0.1) is 0 Å². The molecule has 3 heteroatoms. The third kappa shape index (κ3) is 5.00. The summed E-state index contributed by atoms with van der Waals surface area (Å²) in [5.41, 5.74) is 10.3. The number of nitrogens with two attached hydrogens (primary N) is 1. The van der Waals surface area contributed by atoms with Crippen molar-refractivity contribution in [3.63, 3.8) is 0 Å².